The molecule has 1 heterocycles. The van der Waals surface area contributed by atoms with Crippen molar-refractivity contribution >= 4 is 16.5 Å². The van der Waals surface area contributed by atoms with E-state index in [-0.39, 0.29) is 0 Å². The molecule has 2 rings (SSSR count). The molecule has 0 saturated carbocycles. The molecule has 0 spiro atoms. The van der Waals surface area contributed by atoms with Crippen LogP contribution in [0.2, 0.25) is 0 Å². The molecule has 1 unspecified atom stereocenters. The minimum atomic E-state index is -0.441. The van der Waals surface area contributed by atoms with Crippen LogP contribution in [-0.4, -0.2) is 17.1 Å². The summed E-state index contributed by atoms with van der Waals surface area (Å²) in [4.78, 5) is 7.35. The Balaban J connectivity index is 2.09. The van der Waals surface area contributed by atoms with Gasteiger partial charge in [0.05, 0.1) is 11.0 Å². The van der Waals surface area contributed by atoms with Crippen molar-refractivity contribution in [3.8, 4) is 0 Å². The van der Waals surface area contributed by atoms with Crippen LogP contribution in [0.5, 0.6) is 0 Å². The zero-order valence-corrected chi connectivity index (χ0v) is 11.7. The van der Waals surface area contributed by atoms with Crippen molar-refractivity contribution in [3.05, 3.63) is 46.5 Å². The van der Waals surface area contributed by atoms with Gasteiger partial charge in [0, 0.05) is 19.8 Å². The van der Waals surface area contributed by atoms with Gasteiger partial charge >= 0.3 is 0 Å². The van der Waals surface area contributed by atoms with E-state index in [1.54, 1.807) is 13.1 Å². The summed E-state index contributed by atoms with van der Waals surface area (Å²) in [5, 5.41) is 10.4. The molecule has 1 atom stereocenters. The van der Waals surface area contributed by atoms with Gasteiger partial charge in [0.2, 0.25) is 0 Å². The number of nitrogens with zero attached hydrogens (tertiary/aromatic N) is 2. The van der Waals surface area contributed by atoms with E-state index in [1.165, 1.54) is 22.5 Å². The molecule has 0 aliphatic heterocycles. The van der Waals surface area contributed by atoms with E-state index in [9.17, 15) is 5.11 Å². The number of aryl methyl sites for hydroxylation is 1. The average molecular weight is 262 g/mol. The second-order valence-electron chi connectivity index (χ2n) is 4.57. The second kappa shape index (κ2) is 5.50. The van der Waals surface area contributed by atoms with E-state index in [0.717, 1.165) is 16.6 Å². The predicted molar refractivity (Wildman–Crippen MR) is 76.0 cm³/mol. The van der Waals surface area contributed by atoms with E-state index < -0.39 is 6.10 Å². The lowest BCUT2D eigenvalue weighted by Gasteiger charge is -2.16. The number of hydrogen-bond acceptors (Lipinski definition) is 4. The van der Waals surface area contributed by atoms with Crippen LogP contribution in [0.4, 0.5) is 5.13 Å². The minimum absolute atomic E-state index is 0.441. The van der Waals surface area contributed by atoms with Crippen LogP contribution in [0, 0.1) is 6.92 Å². The van der Waals surface area contributed by atoms with E-state index in [0.29, 0.717) is 0 Å². The first-order valence-corrected chi connectivity index (χ1v) is 6.78. The van der Waals surface area contributed by atoms with Crippen molar-refractivity contribution < 1.29 is 5.11 Å². The van der Waals surface area contributed by atoms with E-state index in [2.05, 4.69) is 41.1 Å². The topological polar surface area (TPSA) is 36.4 Å². The highest BCUT2D eigenvalue weighted by molar-refractivity contribution is 7.15. The molecule has 0 amide bonds. The summed E-state index contributed by atoms with van der Waals surface area (Å²) < 4.78 is 0. The van der Waals surface area contributed by atoms with Crippen molar-refractivity contribution in [1.82, 2.24) is 4.98 Å². The normalized spacial score (nSPS) is 12.4. The first-order chi connectivity index (χ1) is 8.56. The average Bonchev–Trinajstić information content (AvgIpc) is 2.78. The summed E-state index contributed by atoms with van der Waals surface area (Å²) in [6.45, 7) is 4.69. The highest BCUT2D eigenvalue weighted by atomic mass is 32.1. The Labute approximate surface area is 112 Å². The lowest BCUT2D eigenvalue weighted by atomic mass is 10.1. The second-order valence-corrected chi connectivity index (χ2v) is 5.61. The Morgan fingerprint density at radius 2 is 2.22 bits per heavy atom. The molecule has 0 radical (unpaired) electrons. The molecule has 4 heteroatoms. The monoisotopic (exact) mass is 262 g/mol. The van der Waals surface area contributed by atoms with Gasteiger partial charge in [-0.15, -0.1) is 0 Å². The van der Waals surface area contributed by atoms with E-state index >= 15 is 0 Å². The Bertz CT molecular complexity index is 522. The first-order valence-electron chi connectivity index (χ1n) is 5.96. The lowest BCUT2D eigenvalue weighted by molar-refractivity contribution is 0.203. The van der Waals surface area contributed by atoms with Gasteiger partial charge in [-0.3, -0.25) is 0 Å². The number of anilines is 1. The standard InChI is InChI=1S/C14H18N2OS/c1-10-5-4-6-12(7-10)9-16(3)14-15-8-13(18-14)11(2)17/h4-8,11,17H,9H2,1-3H3. The number of aliphatic hydroxyl groups excluding tert-OH is 1. The molecule has 96 valence electrons. The minimum Gasteiger partial charge on any atom is -0.388 e. The molecule has 0 aliphatic carbocycles. The molecular formula is C14H18N2OS. The van der Waals surface area contributed by atoms with Crippen LogP contribution < -0.4 is 4.90 Å². The van der Waals surface area contributed by atoms with Gasteiger partial charge in [-0.05, 0) is 19.4 Å². The number of benzene rings is 1. The maximum Gasteiger partial charge on any atom is 0.185 e. The maximum atomic E-state index is 9.50. The van der Waals surface area contributed by atoms with E-state index in [1.807, 2.05) is 7.05 Å². The summed E-state index contributed by atoms with van der Waals surface area (Å²) >= 11 is 1.54. The largest absolute Gasteiger partial charge is 0.388 e. The summed E-state index contributed by atoms with van der Waals surface area (Å²) in [7, 11) is 2.02. The Kier molecular flexibility index (Phi) is 3.99. The fraction of sp³-hybridized carbons (Fsp3) is 0.357. The third kappa shape index (κ3) is 3.09. The molecule has 1 aromatic heterocycles. The van der Waals surface area contributed by atoms with Gasteiger partial charge in [0.15, 0.2) is 5.13 Å². The lowest BCUT2D eigenvalue weighted by Crippen LogP contribution is -2.15. The molecule has 2 aromatic rings. The number of aliphatic hydroxyl groups is 1. The third-order valence-electron chi connectivity index (χ3n) is 2.75. The highest BCUT2D eigenvalue weighted by Gasteiger charge is 2.10. The van der Waals surface area contributed by atoms with Crippen molar-refractivity contribution in [3.63, 3.8) is 0 Å². The van der Waals surface area contributed by atoms with Crippen LogP contribution >= 0.6 is 11.3 Å². The van der Waals surface area contributed by atoms with Gasteiger partial charge in [0.25, 0.3) is 0 Å². The zero-order chi connectivity index (χ0) is 13.1. The first kappa shape index (κ1) is 13.1. The summed E-state index contributed by atoms with van der Waals surface area (Å²) in [5.41, 5.74) is 2.54. The molecule has 0 bridgehead atoms. The van der Waals surface area contributed by atoms with Crippen LogP contribution in [0.15, 0.2) is 30.5 Å². The molecule has 1 N–H and O–H groups in total. The summed E-state index contributed by atoms with van der Waals surface area (Å²) in [6.07, 6.45) is 1.31. The number of hydrogen-bond donors (Lipinski definition) is 1. The number of thiazole rings is 1. The van der Waals surface area contributed by atoms with Crippen LogP contribution in [0.1, 0.15) is 29.0 Å². The van der Waals surface area contributed by atoms with Crippen molar-refractivity contribution in [2.24, 2.45) is 0 Å². The molecule has 0 fully saturated rings. The van der Waals surface area contributed by atoms with Gasteiger partial charge in [-0.2, -0.15) is 0 Å². The molecular weight excluding hydrogens is 244 g/mol. The third-order valence-corrected chi connectivity index (χ3v) is 4.03. The molecule has 18 heavy (non-hydrogen) atoms. The predicted octanol–water partition coefficient (Wildman–Crippen LogP) is 3.14. The van der Waals surface area contributed by atoms with Gasteiger partial charge < -0.3 is 10.0 Å². The summed E-state index contributed by atoms with van der Waals surface area (Å²) in [6, 6.07) is 8.46. The fourth-order valence-corrected chi connectivity index (χ4v) is 2.61. The summed E-state index contributed by atoms with van der Waals surface area (Å²) in [5.74, 6) is 0. The number of rotatable bonds is 4. The smallest absolute Gasteiger partial charge is 0.185 e. The Hall–Kier alpha value is -1.39. The Morgan fingerprint density at radius 3 is 2.83 bits per heavy atom. The van der Waals surface area contributed by atoms with Crippen LogP contribution in [0.25, 0.3) is 0 Å². The van der Waals surface area contributed by atoms with Crippen LogP contribution in [-0.2, 0) is 6.54 Å². The zero-order valence-electron chi connectivity index (χ0n) is 10.9. The maximum absolute atomic E-state index is 9.50. The van der Waals surface area contributed by atoms with Gasteiger partial charge in [0.1, 0.15) is 0 Å². The van der Waals surface area contributed by atoms with E-state index in [4.69, 9.17) is 0 Å². The fourth-order valence-electron chi connectivity index (χ4n) is 1.80. The highest BCUT2D eigenvalue weighted by Crippen LogP contribution is 2.27. The molecule has 3 nitrogen and oxygen atoms in total. The van der Waals surface area contributed by atoms with Gasteiger partial charge in [-0.1, -0.05) is 41.2 Å². The Morgan fingerprint density at radius 1 is 1.44 bits per heavy atom. The molecule has 1 aromatic carbocycles. The van der Waals surface area contributed by atoms with Crippen molar-refractivity contribution in [1.29, 1.82) is 0 Å². The SMILES string of the molecule is Cc1cccc(CN(C)c2ncc(C(C)O)s2)c1. The molecule has 0 saturated heterocycles. The quantitative estimate of drug-likeness (QED) is 0.919. The van der Waals surface area contributed by atoms with Crippen LogP contribution in [0.3, 0.4) is 0 Å². The number of aromatic nitrogens is 1. The van der Waals surface area contributed by atoms with Crippen molar-refractivity contribution in [2.75, 3.05) is 11.9 Å². The van der Waals surface area contributed by atoms with Gasteiger partial charge in [-0.25, -0.2) is 4.98 Å². The molecule has 0 aliphatic rings. The van der Waals surface area contributed by atoms with Crippen molar-refractivity contribution in [2.45, 2.75) is 26.5 Å².